The molecule has 0 aliphatic rings. The molecule has 102 valence electrons. The second-order valence-corrected chi connectivity index (χ2v) is 4.28. The molecule has 1 N–H and O–H groups in total. The van der Waals surface area contributed by atoms with Crippen LogP contribution in [0.15, 0.2) is 30.7 Å². The lowest BCUT2D eigenvalue weighted by Crippen LogP contribution is -2.06. The first-order chi connectivity index (χ1) is 9.66. The van der Waals surface area contributed by atoms with Gasteiger partial charge in [-0.2, -0.15) is 5.10 Å². The van der Waals surface area contributed by atoms with Crippen LogP contribution in [0.4, 0.5) is 14.6 Å². The molecule has 0 amide bonds. The van der Waals surface area contributed by atoms with Crippen LogP contribution in [0.25, 0.3) is 11.0 Å². The zero-order chi connectivity index (χ0) is 14.1. The van der Waals surface area contributed by atoms with E-state index in [4.69, 9.17) is 0 Å². The van der Waals surface area contributed by atoms with Crippen LogP contribution in [0.5, 0.6) is 0 Å². The van der Waals surface area contributed by atoms with E-state index in [2.05, 4.69) is 20.4 Å². The molecule has 1 aromatic carbocycles. The van der Waals surface area contributed by atoms with Gasteiger partial charge >= 0.3 is 0 Å². The van der Waals surface area contributed by atoms with Crippen molar-refractivity contribution in [2.24, 2.45) is 7.05 Å². The van der Waals surface area contributed by atoms with E-state index in [1.807, 2.05) is 0 Å². The molecule has 0 unspecified atom stereocenters. The summed E-state index contributed by atoms with van der Waals surface area (Å²) < 4.78 is 28.7. The number of aromatic nitrogens is 4. The number of benzene rings is 1. The largest absolute Gasteiger partial charge is 0.365 e. The Morgan fingerprint density at radius 3 is 2.70 bits per heavy atom. The minimum atomic E-state index is -0.589. The van der Waals surface area contributed by atoms with Crippen molar-refractivity contribution in [1.82, 2.24) is 19.7 Å². The van der Waals surface area contributed by atoms with Gasteiger partial charge in [0.25, 0.3) is 0 Å². The molecule has 3 aromatic rings. The number of fused-ring (bicyclic) bond motifs is 1. The predicted molar refractivity (Wildman–Crippen MR) is 70.0 cm³/mol. The number of halogens is 2. The lowest BCUT2D eigenvalue weighted by Gasteiger charge is -2.08. The highest BCUT2D eigenvalue weighted by atomic mass is 19.1. The topological polar surface area (TPSA) is 55.6 Å². The molecule has 0 atom stereocenters. The highest BCUT2D eigenvalue weighted by molar-refractivity contribution is 5.85. The Morgan fingerprint density at radius 2 is 1.95 bits per heavy atom. The molecule has 2 aromatic heterocycles. The second kappa shape index (κ2) is 4.84. The van der Waals surface area contributed by atoms with Gasteiger partial charge in [-0.05, 0) is 12.1 Å². The van der Waals surface area contributed by atoms with Crippen molar-refractivity contribution >= 4 is 16.9 Å². The third kappa shape index (κ3) is 2.07. The van der Waals surface area contributed by atoms with E-state index in [1.165, 1.54) is 24.5 Å². The Kier molecular flexibility index (Phi) is 3.02. The molecule has 7 heteroatoms. The molecule has 5 nitrogen and oxygen atoms in total. The van der Waals surface area contributed by atoms with E-state index >= 15 is 0 Å². The highest BCUT2D eigenvalue weighted by Crippen LogP contribution is 2.20. The third-order valence-electron chi connectivity index (χ3n) is 3.02. The van der Waals surface area contributed by atoms with E-state index in [0.717, 1.165) is 0 Å². The van der Waals surface area contributed by atoms with Crippen LogP contribution in [0.3, 0.4) is 0 Å². The summed E-state index contributed by atoms with van der Waals surface area (Å²) in [6.45, 7) is -0.000482. The monoisotopic (exact) mass is 275 g/mol. The third-order valence-corrected chi connectivity index (χ3v) is 3.02. The lowest BCUT2D eigenvalue weighted by molar-refractivity contribution is 0.560. The summed E-state index contributed by atoms with van der Waals surface area (Å²) in [5.74, 6) is -0.686. The van der Waals surface area contributed by atoms with Crippen molar-refractivity contribution in [1.29, 1.82) is 0 Å². The summed E-state index contributed by atoms with van der Waals surface area (Å²) >= 11 is 0. The van der Waals surface area contributed by atoms with E-state index in [1.54, 1.807) is 17.9 Å². The maximum atomic E-state index is 13.5. The molecule has 0 saturated carbocycles. The zero-order valence-corrected chi connectivity index (χ0v) is 10.6. The van der Waals surface area contributed by atoms with Crippen LogP contribution in [0.1, 0.15) is 5.56 Å². The van der Waals surface area contributed by atoms with Crippen molar-refractivity contribution in [2.75, 3.05) is 5.32 Å². The molecule has 0 bridgehead atoms. The van der Waals surface area contributed by atoms with Gasteiger partial charge in [-0.25, -0.2) is 18.7 Å². The fourth-order valence-electron chi connectivity index (χ4n) is 1.98. The summed E-state index contributed by atoms with van der Waals surface area (Å²) in [5, 5.41) is 7.69. The van der Waals surface area contributed by atoms with Crippen LogP contribution in [-0.2, 0) is 13.6 Å². The lowest BCUT2D eigenvalue weighted by atomic mass is 10.2. The Labute approximate surface area is 113 Å². The van der Waals surface area contributed by atoms with Gasteiger partial charge < -0.3 is 5.32 Å². The van der Waals surface area contributed by atoms with E-state index in [-0.39, 0.29) is 12.1 Å². The summed E-state index contributed by atoms with van der Waals surface area (Å²) in [4.78, 5) is 8.17. The van der Waals surface area contributed by atoms with Gasteiger partial charge in [-0.1, -0.05) is 6.07 Å². The SMILES string of the molecule is Cn1ncc2c(NCc3c(F)cccc3F)ncnc21. The summed E-state index contributed by atoms with van der Waals surface area (Å²) in [6, 6.07) is 3.78. The molecule has 2 heterocycles. The molecule has 0 fully saturated rings. The molecular formula is C13H11F2N5. The quantitative estimate of drug-likeness (QED) is 0.796. The molecule has 3 rings (SSSR count). The maximum absolute atomic E-state index is 13.5. The molecule has 0 radical (unpaired) electrons. The van der Waals surface area contributed by atoms with Gasteiger partial charge in [0.15, 0.2) is 5.65 Å². The number of hydrogen-bond donors (Lipinski definition) is 1. The average molecular weight is 275 g/mol. The van der Waals surface area contributed by atoms with E-state index in [0.29, 0.717) is 16.9 Å². The van der Waals surface area contributed by atoms with Crippen molar-refractivity contribution in [3.05, 3.63) is 47.9 Å². The number of nitrogens with one attached hydrogen (secondary N) is 1. The van der Waals surface area contributed by atoms with Crippen molar-refractivity contribution in [3.63, 3.8) is 0 Å². The van der Waals surface area contributed by atoms with Gasteiger partial charge in [0.05, 0.1) is 11.6 Å². The van der Waals surface area contributed by atoms with Crippen molar-refractivity contribution in [2.45, 2.75) is 6.54 Å². The number of aryl methyl sites for hydroxylation is 1. The Bertz CT molecular complexity index is 748. The highest BCUT2D eigenvalue weighted by Gasteiger charge is 2.11. The van der Waals surface area contributed by atoms with Crippen LogP contribution >= 0.6 is 0 Å². The van der Waals surface area contributed by atoms with Crippen LogP contribution in [0.2, 0.25) is 0 Å². The first-order valence-electron chi connectivity index (χ1n) is 5.96. The number of anilines is 1. The fraction of sp³-hybridized carbons (Fsp3) is 0.154. The fourth-order valence-corrected chi connectivity index (χ4v) is 1.98. The maximum Gasteiger partial charge on any atom is 0.163 e. The summed E-state index contributed by atoms with van der Waals surface area (Å²) in [5.41, 5.74) is 0.625. The number of rotatable bonds is 3. The summed E-state index contributed by atoms with van der Waals surface area (Å²) in [6.07, 6.45) is 2.99. The smallest absolute Gasteiger partial charge is 0.163 e. The second-order valence-electron chi connectivity index (χ2n) is 4.28. The van der Waals surface area contributed by atoms with Crippen LogP contribution in [-0.4, -0.2) is 19.7 Å². The van der Waals surface area contributed by atoms with Gasteiger partial charge in [0.1, 0.15) is 23.8 Å². The number of hydrogen-bond acceptors (Lipinski definition) is 4. The normalized spacial score (nSPS) is 10.9. The van der Waals surface area contributed by atoms with Gasteiger partial charge in [0, 0.05) is 19.2 Å². The molecule has 0 spiro atoms. The first-order valence-corrected chi connectivity index (χ1v) is 5.96. The first kappa shape index (κ1) is 12.5. The molecule has 20 heavy (non-hydrogen) atoms. The van der Waals surface area contributed by atoms with Crippen LogP contribution < -0.4 is 5.32 Å². The Hall–Kier alpha value is -2.57. The van der Waals surface area contributed by atoms with Crippen LogP contribution in [0, 0.1) is 11.6 Å². The number of nitrogens with zero attached hydrogens (tertiary/aromatic N) is 4. The minimum absolute atomic E-state index is 0.000482. The van der Waals surface area contributed by atoms with E-state index < -0.39 is 11.6 Å². The molecule has 0 saturated heterocycles. The molecular weight excluding hydrogens is 264 g/mol. The van der Waals surface area contributed by atoms with Crippen molar-refractivity contribution in [3.8, 4) is 0 Å². The zero-order valence-electron chi connectivity index (χ0n) is 10.6. The molecule has 0 aliphatic heterocycles. The van der Waals surface area contributed by atoms with E-state index in [9.17, 15) is 8.78 Å². The van der Waals surface area contributed by atoms with Crippen molar-refractivity contribution < 1.29 is 8.78 Å². The minimum Gasteiger partial charge on any atom is -0.365 e. The van der Waals surface area contributed by atoms with Gasteiger partial charge in [-0.15, -0.1) is 0 Å². The Morgan fingerprint density at radius 1 is 1.20 bits per heavy atom. The van der Waals surface area contributed by atoms with Gasteiger partial charge in [-0.3, -0.25) is 4.68 Å². The molecule has 0 aliphatic carbocycles. The van der Waals surface area contributed by atoms with Gasteiger partial charge in [0.2, 0.25) is 0 Å². The Balaban J connectivity index is 1.91. The average Bonchev–Trinajstić information content (AvgIpc) is 2.81. The predicted octanol–water partition coefficient (Wildman–Crippen LogP) is 2.25. The standard InChI is InChI=1S/C13H11F2N5/c1-20-13-9(6-19-20)12(17-7-18-13)16-5-8-10(14)3-2-4-11(8)15/h2-4,6-7H,5H2,1H3,(H,16,17,18). The summed E-state index contributed by atoms with van der Waals surface area (Å²) in [7, 11) is 1.76.